The van der Waals surface area contributed by atoms with E-state index in [0.29, 0.717) is 23.7 Å². The molecule has 7 heteroatoms. The van der Waals surface area contributed by atoms with Gasteiger partial charge in [-0.3, -0.25) is 4.79 Å². The van der Waals surface area contributed by atoms with Crippen LogP contribution in [0, 0.1) is 0 Å². The summed E-state index contributed by atoms with van der Waals surface area (Å²) in [7, 11) is 0. The van der Waals surface area contributed by atoms with E-state index in [-0.39, 0.29) is 6.42 Å². The number of halogens is 3. The number of thioether (sulfide) groups is 1. The Kier molecular flexibility index (Phi) is 6.17. The molecule has 0 unspecified atom stereocenters. The molecule has 0 aromatic heterocycles. The molecular formula is C12H14F3NO2S. The Hall–Kier alpha value is -1.21. The highest BCUT2D eigenvalue weighted by Gasteiger charge is 2.30. The van der Waals surface area contributed by atoms with Gasteiger partial charge >= 0.3 is 12.1 Å². The Morgan fingerprint density at radius 3 is 2.68 bits per heavy atom. The van der Waals surface area contributed by atoms with Gasteiger partial charge in [-0.15, -0.1) is 11.8 Å². The number of rotatable bonds is 7. The van der Waals surface area contributed by atoms with Crippen LogP contribution in [0.4, 0.5) is 13.2 Å². The maximum Gasteiger partial charge on any atom is 0.416 e. The van der Waals surface area contributed by atoms with Crippen molar-refractivity contribution in [1.29, 1.82) is 0 Å². The van der Waals surface area contributed by atoms with Gasteiger partial charge in [-0.25, -0.2) is 0 Å². The van der Waals surface area contributed by atoms with Crippen molar-refractivity contribution in [1.82, 2.24) is 5.32 Å². The zero-order valence-electron chi connectivity index (χ0n) is 10.0. The summed E-state index contributed by atoms with van der Waals surface area (Å²) < 4.78 is 37.4. The topological polar surface area (TPSA) is 49.3 Å². The van der Waals surface area contributed by atoms with E-state index in [9.17, 15) is 18.0 Å². The summed E-state index contributed by atoms with van der Waals surface area (Å²) in [5, 5.41) is 11.3. The highest BCUT2D eigenvalue weighted by Crippen LogP contribution is 2.31. The fourth-order valence-corrected chi connectivity index (χ4v) is 2.19. The van der Waals surface area contributed by atoms with E-state index in [1.54, 1.807) is 6.07 Å². The van der Waals surface area contributed by atoms with Gasteiger partial charge in [-0.2, -0.15) is 13.2 Å². The van der Waals surface area contributed by atoms with Crippen LogP contribution in [0.3, 0.4) is 0 Å². The Morgan fingerprint density at radius 1 is 1.32 bits per heavy atom. The first-order chi connectivity index (χ1) is 8.89. The average Bonchev–Trinajstić information content (AvgIpc) is 2.32. The number of carboxylic acids is 1. The van der Waals surface area contributed by atoms with Gasteiger partial charge in [0.2, 0.25) is 0 Å². The van der Waals surface area contributed by atoms with E-state index in [1.807, 2.05) is 0 Å². The summed E-state index contributed by atoms with van der Waals surface area (Å²) in [6.07, 6.45) is -4.29. The minimum Gasteiger partial charge on any atom is -0.481 e. The second kappa shape index (κ2) is 7.40. The highest BCUT2D eigenvalue weighted by atomic mass is 32.2. The lowest BCUT2D eigenvalue weighted by Gasteiger charge is -2.08. The first-order valence-electron chi connectivity index (χ1n) is 5.62. The molecule has 3 nitrogen and oxygen atoms in total. The Bertz CT molecular complexity index is 424. The largest absolute Gasteiger partial charge is 0.481 e. The van der Waals surface area contributed by atoms with Crippen LogP contribution in [-0.4, -0.2) is 29.9 Å². The molecule has 0 atom stereocenters. The van der Waals surface area contributed by atoms with Crippen LogP contribution in [-0.2, 0) is 11.0 Å². The molecule has 106 valence electrons. The van der Waals surface area contributed by atoms with Crippen LogP contribution >= 0.6 is 11.8 Å². The molecule has 0 heterocycles. The van der Waals surface area contributed by atoms with E-state index in [2.05, 4.69) is 5.32 Å². The molecule has 0 saturated carbocycles. The summed E-state index contributed by atoms with van der Waals surface area (Å²) in [6.45, 7) is 0.909. The van der Waals surface area contributed by atoms with Crippen molar-refractivity contribution in [3.8, 4) is 0 Å². The van der Waals surface area contributed by atoms with Gasteiger partial charge in [0, 0.05) is 23.7 Å². The van der Waals surface area contributed by atoms with Crippen molar-refractivity contribution < 1.29 is 23.1 Å². The number of nitrogens with one attached hydrogen (secondary N) is 1. The van der Waals surface area contributed by atoms with Crippen LogP contribution in [0.2, 0.25) is 0 Å². The number of hydrogen-bond donors (Lipinski definition) is 2. The van der Waals surface area contributed by atoms with E-state index in [1.165, 1.54) is 17.8 Å². The fraction of sp³-hybridized carbons (Fsp3) is 0.417. The van der Waals surface area contributed by atoms with Crippen molar-refractivity contribution in [3.05, 3.63) is 29.8 Å². The van der Waals surface area contributed by atoms with E-state index in [4.69, 9.17) is 5.11 Å². The third-order valence-corrected chi connectivity index (χ3v) is 3.22. The molecule has 2 N–H and O–H groups in total. The molecule has 1 aromatic rings. The summed E-state index contributed by atoms with van der Waals surface area (Å²) in [5.41, 5.74) is -0.656. The van der Waals surface area contributed by atoms with Gasteiger partial charge < -0.3 is 10.4 Å². The zero-order valence-corrected chi connectivity index (χ0v) is 10.9. The lowest BCUT2D eigenvalue weighted by atomic mass is 10.2. The van der Waals surface area contributed by atoms with Crippen molar-refractivity contribution in [2.75, 3.05) is 18.8 Å². The second-order valence-corrected chi connectivity index (χ2v) is 4.94. The van der Waals surface area contributed by atoms with E-state index >= 15 is 0 Å². The standard InChI is InChI=1S/C12H14F3NO2S/c13-12(14,15)9-2-1-3-10(8-9)19-7-6-16-5-4-11(17)18/h1-3,8,16H,4-7H2,(H,17,18). The summed E-state index contributed by atoms with van der Waals surface area (Å²) in [4.78, 5) is 10.8. The predicted molar refractivity (Wildman–Crippen MR) is 67.3 cm³/mol. The van der Waals surface area contributed by atoms with Gasteiger partial charge in [-0.1, -0.05) is 6.07 Å². The molecule has 0 fully saturated rings. The zero-order chi connectivity index (χ0) is 14.3. The van der Waals surface area contributed by atoms with Crippen LogP contribution in [0.5, 0.6) is 0 Å². The van der Waals surface area contributed by atoms with Gasteiger partial charge in [0.25, 0.3) is 0 Å². The van der Waals surface area contributed by atoms with Crippen LogP contribution in [0.15, 0.2) is 29.2 Å². The minimum absolute atomic E-state index is 0.0359. The SMILES string of the molecule is O=C(O)CCNCCSc1cccc(C(F)(F)F)c1. The van der Waals surface area contributed by atoms with Crippen LogP contribution in [0.1, 0.15) is 12.0 Å². The predicted octanol–water partition coefficient (Wildman–Crippen LogP) is 2.86. The van der Waals surface area contributed by atoms with E-state index < -0.39 is 17.7 Å². The second-order valence-electron chi connectivity index (χ2n) is 3.77. The Morgan fingerprint density at radius 2 is 2.05 bits per heavy atom. The van der Waals surface area contributed by atoms with Crippen molar-refractivity contribution in [3.63, 3.8) is 0 Å². The quantitative estimate of drug-likeness (QED) is 0.599. The number of aliphatic carboxylic acids is 1. The van der Waals surface area contributed by atoms with E-state index in [0.717, 1.165) is 12.1 Å². The molecule has 19 heavy (non-hydrogen) atoms. The van der Waals surface area contributed by atoms with Gasteiger partial charge in [0.15, 0.2) is 0 Å². The molecule has 0 aliphatic carbocycles. The molecular weight excluding hydrogens is 279 g/mol. The van der Waals surface area contributed by atoms with Gasteiger partial charge in [0.1, 0.15) is 0 Å². The molecule has 1 aromatic carbocycles. The van der Waals surface area contributed by atoms with Gasteiger partial charge in [0.05, 0.1) is 12.0 Å². The number of carboxylic acid groups (broad SMARTS) is 1. The number of alkyl halides is 3. The van der Waals surface area contributed by atoms with Crippen molar-refractivity contribution in [2.24, 2.45) is 0 Å². The normalized spacial score (nSPS) is 11.5. The first-order valence-corrected chi connectivity index (χ1v) is 6.61. The van der Waals surface area contributed by atoms with Crippen molar-refractivity contribution >= 4 is 17.7 Å². The third kappa shape index (κ3) is 6.49. The number of benzene rings is 1. The molecule has 0 spiro atoms. The van der Waals surface area contributed by atoms with Crippen molar-refractivity contribution in [2.45, 2.75) is 17.5 Å². The smallest absolute Gasteiger partial charge is 0.416 e. The maximum absolute atomic E-state index is 12.5. The third-order valence-electron chi connectivity index (χ3n) is 2.22. The highest BCUT2D eigenvalue weighted by molar-refractivity contribution is 7.99. The molecule has 0 bridgehead atoms. The summed E-state index contributed by atoms with van der Waals surface area (Å²) in [6, 6.07) is 5.15. The van der Waals surface area contributed by atoms with Crippen LogP contribution in [0.25, 0.3) is 0 Å². The molecule has 1 rings (SSSR count). The lowest BCUT2D eigenvalue weighted by Crippen LogP contribution is -2.20. The fourth-order valence-electron chi connectivity index (χ4n) is 1.32. The van der Waals surface area contributed by atoms with Gasteiger partial charge in [-0.05, 0) is 18.2 Å². The monoisotopic (exact) mass is 293 g/mol. The molecule has 0 saturated heterocycles. The molecule has 0 amide bonds. The Labute approximate surface area is 113 Å². The molecule has 0 aliphatic heterocycles. The summed E-state index contributed by atoms with van der Waals surface area (Å²) >= 11 is 1.30. The Balaban J connectivity index is 2.32. The molecule has 0 radical (unpaired) electrons. The number of carbonyl (C=O) groups is 1. The van der Waals surface area contributed by atoms with Crippen LogP contribution < -0.4 is 5.32 Å². The average molecular weight is 293 g/mol. The maximum atomic E-state index is 12.5. The number of hydrogen-bond acceptors (Lipinski definition) is 3. The lowest BCUT2D eigenvalue weighted by molar-refractivity contribution is -0.138. The first kappa shape index (κ1) is 15.8. The molecule has 0 aliphatic rings. The summed E-state index contributed by atoms with van der Waals surface area (Å²) in [5.74, 6) is -0.293. The minimum atomic E-state index is -4.32.